The van der Waals surface area contributed by atoms with Gasteiger partial charge in [-0.05, 0) is 19.8 Å². The van der Waals surface area contributed by atoms with Gasteiger partial charge < -0.3 is 9.47 Å². The van der Waals surface area contributed by atoms with Crippen molar-refractivity contribution in [2.45, 2.75) is 39.2 Å². The van der Waals surface area contributed by atoms with E-state index in [-0.39, 0.29) is 11.2 Å². The normalized spacial score (nSPS) is 16.5. The van der Waals surface area contributed by atoms with E-state index in [4.69, 9.17) is 11.6 Å². The Morgan fingerprint density at radius 1 is 1.12 bits per heavy atom. The van der Waals surface area contributed by atoms with Crippen LogP contribution in [0.2, 0.25) is 0 Å². The summed E-state index contributed by atoms with van der Waals surface area (Å²) < 4.78 is 4.45. The summed E-state index contributed by atoms with van der Waals surface area (Å²) in [6.45, 7) is 4.06. The molecule has 2 aromatic heterocycles. The van der Waals surface area contributed by atoms with Gasteiger partial charge in [-0.15, -0.1) is 0 Å². The Hall–Kier alpha value is -2.02. The molecule has 25 heavy (non-hydrogen) atoms. The van der Waals surface area contributed by atoms with Gasteiger partial charge in [-0.25, -0.2) is 4.79 Å². The third-order valence-electron chi connectivity index (χ3n) is 4.77. The smallest absolute Gasteiger partial charge is 0.332 e. The molecule has 0 bridgehead atoms. The molecule has 3 rings (SSSR count). The zero-order chi connectivity index (χ0) is 18.1. The van der Waals surface area contributed by atoms with Crippen LogP contribution in [-0.4, -0.2) is 31.8 Å². The van der Waals surface area contributed by atoms with Crippen LogP contribution in [0.4, 0.5) is 5.95 Å². The van der Waals surface area contributed by atoms with Gasteiger partial charge in [0.2, 0.25) is 5.95 Å². The van der Waals surface area contributed by atoms with E-state index in [0.29, 0.717) is 22.7 Å². The number of hydrogen-bond donors (Lipinski definition) is 0. The lowest BCUT2D eigenvalue weighted by molar-refractivity contribution is 0.700. The van der Waals surface area contributed by atoms with Crippen molar-refractivity contribution in [3.8, 4) is 0 Å². The summed E-state index contributed by atoms with van der Waals surface area (Å²) in [4.78, 5) is 31.9. The first-order valence-electron chi connectivity index (χ1n) is 8.65. The number of allylic oxidation sites excluding steroid dienone is 2. The van der Waals surface area contributed by atoms with Crippen molar-refractivity contribution in [3.63, 3.8) is 0 Å². The summed E-state index contributed by atoms with van der Waals surface area (Å²) in [5.41, 5.74) is 0.173. The largest absolute Gasteiger partial charge is 0.342 e. The Labute approximate surface area is 151 Å². The first-order chi connectivity index (χ1) is 11.9. The second-order valence-electron chi connectivity index (χ2n) is 6.59. The van der Waals surface area contributed by atoms with E-state index in [2.05, 4.69) is 9.88 Å². The summed E-state index contributed by atoms with van der Waals surface area (Å²) in [6, 6.07) is 0. The second-order valence-corrected chi connectivity index (χ2v) is 7.19. The van der Waals surface area contributed by atoms with E-state index in [1.165, 1.54) is 24.5 Å². The summed E-state index contributed by atoms with van der Waals surface area (Å²) in [5, 5.41) is 0.658. The van der Waals surface area contributed by atoms with Crippen LogP contribution in [0.3, 0.4) is 0 Å². The van der Waals surface area contributed by atoms with E-state index >= 15 is 0 Å². The maximum Gasteiger partial charge on any atom is 0.332 e. The van der Waals surface area contributed by atoms with Crippen molar-refractivity contribution in [2.24, 2.45) is 14.1 Å². The van der Waals surface area contributed by atoms with Crippen molar-refractivity contribution in [3.05, 3.63) is 31.9 Å². The fourth-order valence-electron chi connectivity index (χ4n) is 3.34. The van der Waals surface area contributed by atoms with Gasteiger partial charge in [0.05, 0.1) is 0 Å². The molecule has 0 unspecified atom stereocenters. The molecule has 7 nitrogen and oxygen atoms in total. The molecule has 0 spiro atoms. The number of hydrogen-bond acceptors (Lipinski definition) is 4. The molecule has 0 atom stereocenters. The summed E-state index contributed by atoms with van der Waals surface area (Å²) in [6.07, 6.45) is 6.47. The van der Waals surface area contributed by atoms with E-state index in [1.54, 1.807) is 14.0 Å². The minimum absolute atomic E-state index is 0.327. The van der Waals surface area contributed by atoms with Crippen LogP contribution in [0.15, 0.2) is 20.7 Å². The van der Waals surface area contributed by atoms with Gasteiger partial charge in [0.1, 0.15) is 0 Å². The van der Waals surface area contributed by atoms with Gasteiger partial charge in [0.25, 0.3) is 5.56 Å². The third-order valence-corrected chi connectivity index (χ3v) is 4.93. The number of nitrogens with zero attached hydrogens (tertiary/aromatic N) is 5. The van der Waals surface area contributed by atoms with Gasteiger partial charge >= 0.3 is 5.69 Å². The molecule has 0 amide bonds. The van der Waals surface area contributed by atoms with E-state index in [9.17, 15) is 9.59 Å². The first-order valence-corrected chi connectivity index (χ1v) is 9.03. The molecule has 1 aliphatic heterocycles. The van der Waals surface area contributed by atoms with Crippen molar-refractivity contribution < 1.29 is 0 Å². The Kier molecular flexibility index (Phi) is 5.03. The van der Waals surface area contributed by atoms with Crippen LogP contribution >= 0.6 is 11.6 Å². The molecule has 1 fully saturated rings. The average molecular weight is 366 g/mol. The Bertz CT molecular complexity index is 925. The minimum atomic E-state index is -0.367. The van der Waals surface area contributed by atoms with Gasteiger partial charge in [-0.3, -0.25) is 13.9 Å². The molecule has 1 saturated heterocycles. The van der Waals surface area contributed by atoms with E-state index in [0.717, 1.165) is 36.4 Å². The monoisotopic (exact) mass is 365 g/mol. The zero-order valence-electron chi connectivity index (χ0n) is 15.0. The number of rotatable bonds is 3. The number of aryl methyl sites for hydroxylation is 1. The number of halogens is 1. The highest BCUT2D eigenvalue weighted by molar-refractivity contribution is 6.29. The SMILES string of the molecule is CC(Cl)=CCn1c(N2CCCCCC2)nc2c1c(=O)n(C)c(=O)n2C. The summed E-state index contributed by atoms with van der Waals surface area (Å²) in [5.74, 6) is 0.740. The molecule has 0 aromatic carbocycles. The molecular weight excluding hydrogens is 342 g/mol. The summed E-state index contributed by atoms with van der Waals surface area (Å²) >= 11 is 6.01. The number of imidazole rings is 1. The van der Waals surface area contributed by atoms with Crippen LogP contribution in [-0.2, 0) is 20.6 Å². The molecule has 0 N–H and O–H groups in total. The number of anilines is 1. The van der Waals surface area contributed by atoms with Crippen molar-refractivity contribution in [1.82, 2.24) is 18.7 Å². The fourth-order valence-corrected chi connectivity index (χ4v) is 3.41. The maximum absolute atomic E-state index is 12.7. The van der Waals surface area contributed by atoms with Crippen LogP contribution < -0.4 is 16.1 Å². The van der Waals surface area contributed by atoms with E-state index < -0.39 is 0 Å². The second kappa shape index (κ2) is 7.07. The Morgan fingerprint density at radius 2 is 1.76 bits per heavy atom. The maximum atomic E-state index is 12.7. The molecule has 1 aliphatic rings. The molecule has 0 aliphatic carbocycles. The van der Waals surface area contributed by atoms with Crippen LogP contribution in [0.1, 0.15) is 32.6 Å². The van der Waals surface area contributed by atoms with Crippen LogP contribution in [0.5, 0.6) is 0 Å². The third kappa shape index (κ3) is 3.25. The van der Waals surface area contributed by atoms with Gasteiger partial charge in [-0.2, -0.15) is 4.98 Å². The van der Waals surface area contributed by atoms with Crippen LogP contribution in [0, 0.1) is 0 Å². The molecule has 0 radical (unpaired) electrons. The van der Waals surface area contributed by atoms with Crippen molar-refractivity contribution in [2.75, 3.05) is 18.0 Å². The molecular formula is C17H24ClN5O2. The molecule has 136 valence electrons. The average Bonchev–Trinajstić information content (AvgIpc) is 2.76. The number of fused-ring (bicyclic) bond motifs is 1. The molecule has 3 heterocycles. The predicted molar refractivity (Wildman–Crippen MR) is 101 cm³/mol. The molecule has 0 saturated carbocycles. The lowest BCUT2D eigenvalue weighted by Crippen LogP contribution is -2.37. The van der Waals surface area contributed by atoms with Gasteiger partial charge in [0.15, 0.2) is 11.2 Å². The highest BCUT2D eigenvalue weighted by atomic mass is 35.5. The Morgan fingerprint density at radius 3 is 2.36 bits per heavy atom. The topological polar surface area (TPSA) is 65.1 Å². The highest BCUT2D eigenvalue weighted by Gasteiger charge is 2.22. The minimum Gasteiger partial charge on any atom is -0.342 e. The van der Waals surface area contributed by atoms with Crippen molar-refractivity contribution in [1.29, 1.82) is 0 Å². The fraction of sp³-hybridized carbons (Fsp3) is 0.588. The van der Waals surface area contributed by atoms with E-state index in [1.807, 2.05) is 10.6 Å². The predicted octanol–water partition coefficient (Wildman–Crippen LogP) is 1.96. The van der Waals surface area contributed by atoms with Gasteiger partial charge in [0, 0.05) is 38.8 Å². The molecule has 8 heteroatoms. The summed E-state index contributed by atoms with van der Waals surface area (Å²) in [7, 11) is 3.14. The van der Waals surface area contributed by atoms with Crippen LogP contribution in [0.25, 0.3) is 11.2 Å². The lowest BCUT2D eigenvalue weighted by Gasteiger charge is -2.22. The Balaban J connectivity index is 2.28. The van der Waals surface area contributed by atoms with Crippen molar-refractivity contribution >= 4 is 28.7 Å². The zero-order valence-corrected chi connectivity index (χ0v) is 15.7. The van der Waals surface area contributed by atoms with Gasteiger partial charge in [-0.1, -0.05) is 30.5 Å². The molecule has 2 aromatic rings. The standard InChI is InChI=1S/C17H24ClN5O2/c1-12(18)8-11-23-13-14(20(2)17(25)21(3)15(13)24)19-16(23)22-9-6-4-5-7-10-22/h8H,4-7,9-11H2,1-3H3. The first kappa shape index (κ1) is 17.8. The number of aromatic nitrogens is 4. The highest BCUT2D eigenvalue weighted by Crippen LogP contribution is 2.23. The quantitative estimate of drug-likeness (QED) is 0.834. The lowest BCUT2D eigenvalue weighted by atomic mass is 10.2.